The van der Waals surface area contributed by atoms with Crippen LogP contribution in [0.5, 0.6) is 0 Å². The van der Waals surface area contributed by atoms with Crippen molar-refractivity contribution in [3.63, 3.8) is 0 Å². The zero-order valence-corrected chi connectivity index (χ0v) is 13.1. The Labute approximate surface area is 130 Å². The molecular weight excluding hydrogens is 348 g/mol. The lowest BCUT2D eigenvalue weighted by molar-refractivity contribution is 0.0646. The fraction of sp³-hybridized carbons (Fsp3) is 0.250. The number of carbonyl (C=O) groups is 2. The van der Waals surface area contributed by atoms with Crippen molar-refractivity contribution < 1.29 is 19.8 Å². The van der Waals surface area contributed by atoms with Gasteiger partial charge in [-0.15, -0.1) is 28.7 Å². The lowest BCUT2D eigenvalue weighted by Gasteiger charge is -2.19. The maximum Gasteiger partial charge on any atom is 0.355 e. The Bertz CT molecular complexity index is 577. The van der Waals surface area contributed by atoms with Crippen LogP contribution in [0.25, 0.3) is 0 Å². The third-order valence-corrected chi connectivity index (χ3v) is 3.70. The molecular formula is C12H13BrN2O4S. The van der Waals surface area contributed by atoms with Crippen molar-refractivity contribution in [1.82, 2.24) is 9.88 Å². The fourth-order valence-corrected chi connectivity index (χ4v) is 2.68. The Kier molecular flexibility index (Phi) is 5.58. The smallest absolute Gasteiger partial charge is 0.355 e. The van der Waals surface area contributed by atoms with Crippen LogP contribution in [0.15, 0.2) is 23.4 Å². The van der Waals surface area contributed by atoms with E-state index in [1.54, 1.807) is 11.8 Å². The molecule has 0 bridgehead atoms. The molecule has 0 unspecified atom stereocenters. The van der Waals surface area contributed by atoms with Gasteiger partial charge in [0.05, 0.1) is 11.4 Å². The lowest BCUT2D eigenvalue weighted by Crippen LogP contribution is -2.18. The molecule has 0 atom stereocenters. The number of pyridine rings is 1. The number of aromatic carboxylic acids is 2. The van der Waals surface area contributed by atoms with Gasteiger partial charge in [0.2, 0.25) is 0 Å². The number of hydrogen-bond donors (Lipinski definition) is 2. The molecule has 0 spiro atoms. The minimum absolute atomic E-state index is 0. The number of carboxylic acids is 2. The highest BCUT2D eigenvalue weighted by Gasteiger charge is 2.19. The number of carboxylic acid groups (broad SMARTS) is 2. The van der Waals surface area contributed by atoms with Crippen molar-refractivity contribution in [3.05, 3.63) is 40.2 Å². The van der Waals surface area contributed by atoms with E-state index in [4.69, 9.17) is 10.2 Å². The molecule has 0 fully saturated rings. The number of aromatic nitrogens is 1. The van der Waals surface area contributed by atoms with Gasteiger partial charge in [-0.3, -0.25) is 0 Å². The molecule has 2 N–H and O–H groups in total. The minimum Gasteiger partial charge on any atom is -0.478 e. The van der Waals surface area contributed by atoms with Crippen LogP contribution in [-0.2, 0) is 6.54 Å². The molecule has 0 aliphatic carbocycles. The van der Waals surface area contributed by atoms with Gasteiger partial charge in [0, 0.05) is 18.4 Å². The fourth-order valence-electron chi connectivity index (χ4n) is 1.74. The molecule has 0 radical (unpaired) electrons. The standard InChI is InChI=1S/C12H12N2O4S.BrH/c1-7-5-19-6-14(7)4-8-2-9(11(15)16)10(12(17)18)13-3-8;/h2-3,5H,4,6H2,1H3,(H,15,16)(H,17,18);1H. The molecule has 1 aliphatic heterocycles. The average Bonchev–Trinajstić information content (AvgIpc) is 2.74. The lowest BCUT2D eigenvalue weighted by atomic mass is 10.1. The van der Waals surface area contributed by atoms with Crippen LogP contribution >= 0.6 is 28.7 Å². The second kappa shape index (κ2) is 6.76. The Morgan fingerprint density at radius 1 is 1.40 bits per heavy atom. The number of halogens is 1. The molecule has 1 aromatic heterocycles. The van der Waals surface area contributed by atoms with Crippen molar-refractivity contribution in [2.45, 2.75) is 13.5 Å². The molecule has 2 rings (SSSR count). The van der Waals surface area contributed by atoms with Gasteiger partial charge in [-0.25, -0.2) is 14.6 Å². The van der Waals surface area contributed by atoms with Gasteiger partial charge in [-0.2, -0.15) is 0 Å². The number of rotatable bonds is 4. The van der Waals surface area contributed by atoms with E-state index in [9.17, 15) is 9.59 Å². The van der Waals surface area contributed by atoms with E-state index in [0.29, 0.717) is 12.1 Å². The predicted molar refractivity (Wildman–Crippen MR) is 80.2 cm³/mol. The van der Waals surface area contributed by atoms with Crippen molar-refractivity contribution >= 4 is 40.7 Å². The minimum atomic E-state index is -1.34. The van der Waals surface area contributed by atoms with E-state index in [0.717, 1.165) is 11.6 Å². The molecule has 0 saturated carbocycles. The summed E-state index contributed by atoms with van der Waals surface area (Å²) in [6.07, 6.45) is 1.41. The SMILES string of the molecule is Br.CC1=CSCN1Cc1cnc(C(=O)O)c(C(=O)O)c1. The van der Waals surface area contributed by atoms with Gasteiger partial charge < -0.3 is 15.1 Å². The molecule has 1 aromatic rings. The van der Waals surface area contributed by atoms with Gasteiger partial charge in [0.25, 0.3) is 0 Å². The first-order chi connectivity index (χ1) is 8.99. The van der Waals surface area contributed by atoms with Crippen molar-refractivity contribution in [2.24, 2.45) is 0 Å². The quantitative estimate of drug-likeness (QED) is 0.851. The summed E-state index contributed by atoms with van der Waals surface area (Å²) < 4.78 is 0. The summed E-state index contributed by atoms with van der Waals surface area (Å²) in [5.41, 5.74) is 1.07. The molecule has 8 heteroatoms. The van der Waals surface area contributed by atoms with Crippen molar-refractivity contribution in [2.75, 3.05) is 5.88 Å². The Morgan fingerprint density at radius 3 is 2.60 bits per heavy atom. The van der Waals surface area contributed by atoms with E-state index in [1.165, 1.54) is 12.3 Å². The van der Waals surface area contributed by atoms with E-state index < -0.39 is 17.6 Å². The monoisotopic (exact) mass is 360 g/mol. The van der Waals surface area contributed by atoms with E-state index in [1.807, 2.05) is 12.3 Å². The highest BCUT2D eigenvalue weighted by Crippen LogP contribution is 2.24. The maximum atomic E-state index is 11.0. The van der Waals surface area contributed by atoms with Crippen LogP contribution < -0.4 is 0 Å². The summed E-state index contributed by atoms with van der Waals surface area (Å²) in [4.78, 5) is 27.7. The van der Waals surface area contributed by atoms with Crippen LogP contribution in [0.3, 0.4) is 0 Å². The van der Waals surface area contributed by atoms with Crippen LogP contribution in [0.4, 0.5) is 0 Å². The van der Waals surface area contributed by atoms with Gasteiger partial charge >= 0.3 is 11.9 Å². The molecule has 1 aliphatic rings. The first-order valence-corrected chi connectivity index (χ1v) is 6.52. The number of hydrogen-bond acceptors (Lipinski definition) is 5. The normalized spacial score (nSPS) is 13.7. The maximum absolute atomic E-state index is 11.0. The zero-order chi connectivity index (χ0) is 14.0. The topological polar surface area (TPSA) is 90.7 Å². The molecule has 0 amide bonds. The van der Waals surface area contributed by atoms with E-state index >= 15 is 0 Å². The molecule has 2 heterocycles. The highest BCUT2D eigenvalue weighted by molar-refractivity contribution is 8.93. The van der Waals surface area contributed by atoms with E-state index in [2.05, 4.69) is 9.88 Å². The average molecular weight is 361 g/mol. The first-order valence-electron chi connectivity index (χ1n) is 5.48. The molecule has 20 heavy (non-hydrogen) atoms. The molecule has 108 valence electrons. The largest absolute Gasteiger partial charge is 0.478 e. The summed E-state index contributed by atoms with van der Waals surface area (Å²) in [6, 6.07) is 1.37. The van der Waals surface area contributed by atoms with Gasteiger partial charge in [-0.05, 0) is 24.0 Å². The highest BCUT2D eigenvalue weighted by atomic mass is 79.9. The summed E-state index contributed by atoms with van der Waals surface area (Å²) in [5, 5.41) is 19.9. The molecule has 0 aromatic carbocycles. The Morgan fingerprint density at radius 2 is 2.10 bits per heavy atom. The predicted octanol–water partition coefficient (Wildman–Crippen LogP) is 2.42. The van der Waals surface area contributed by atoms with Crippen LogP contribution in [0.1, 0.15) is 33.3 Å². The first kappa shape index (κ1) is 16.5. The summed E-state index contributed by atoms with van der Waals surface area (Å²) in [5.74, 6) is -1.82. The van der Waals surface area contributed by atoms with Crippen molar-refractivity contribution in [1.29, 1.82) is 0 Å². The third-order valence-electron chi connectivity index (χ3n) is 2.73. The second-order valence-electron chi connectivity index (χ2n) is 4.10. The van der Waals surface area contributed by atoms with Crippen LogP contribution in [-0.4, -0.2) is 37.9 Å². The number of allylic oxidation sites excluding steroid dienone is 1. The van der Waals surface area contributed by atoms with Crippen molar-refractivity contribution in [3.8, 4) is 0 Å². The summed E-state index contributed by atoms with van der Waals surface area (Å²) >= 11 is 1.66. The number of thioether (sulfide) groups is 1. The Hall–Kier alpha value is -1.54. The van der Waals surface area contributed by atoms with Crippen LogP contribution in [0.2, 0.25) is 0 Å². The van der Waals surface area contributed by atoms with Crippen LogP contribution in [0, 0.1) is 0 Å². The summed E-state index contributed by atoms with van der Waals surface area (Å²) in [7, 11) is 0. The molecule has 6 nitrogen and oxygen atoms in total. The third kappa shape index (κ3) is 3.51. The zero-order valence-electron chi connectivity index (χ0n) is 10.6. The van der Waals surface area contributed by atoms with Gasteiger partial charge in [-0.1, -0.05) is 0 Å². The summed E-state index contributed by atoms with van der Waals surface area (Å²) in [6.45, 7) is 2.49. The van der Waals surface area contributed by atoms with Gasteiger partial charge in [0.15, 0.2) is 5.69 Å². The number of nitrogens with zero attached hydrogens (tertiary/aromatic N) is 2. The van der Waals surface area contributed by atoms with Gasteiger partial charge in [0.1, 0.15) is 0 Å². The van der Waals surface area contributed by atoms with E-state index in [-0.39, 0.29) is 22.5 Å². The molecule has 0 saturated heterocycles. The second-order valence-corrected chi connectivity index (χ2v) is 4.93. The Balaban J connectivity index is 0.00000200.